The zero-order valence-corrected chi connectivity index (χ0v) is 11.4. The molecular weight excluding hydrogens is 287 g/mol. The lowest BCUT2D eigenvalue weighted by molar-refractivity contribution is -0.138. The van der Waals surface area contributed by atoms with Gasteiger partial charge in [-0.25, -0.2) is 0 Å². The van der Waals surface area contributed by atoms with Crippen LogP contribution in [0.15, 0.2) is 0 Å². The first kappa shape index (κ1) is 11.2. The Morgan fingerprint density at radius 3 is 2.71 bits per heavy atom. The standard InChI is InChI=1S/C12H21IO/c1-8-6-10-9(4-3-5-14-2)11(7-13)12(8)10/h8-12H,3-7H2,1-2H3/t8?,9?,10-,11?,12?/m0/s1. The zero-order chi connectivity index (χ0) is 10.1. The Hall–Kier alpha value is 0.690. The fraction of sp³-hybridized carbons (Fsp3) is 1.00. The van der Waals surface area contributed by atoms with E-state index in [0.717, 1.165) is 36.2 Å². The third-order valence-electron chi connectivity index (χ3n) is 4.45. The van der Waals surface area contributed by atoms with Crippen molar-refractivity contribution in [1.82, 2.24) is 0 Å². The molecule has 2 fully saturated rings. The number of halogens is 1. The van der Waals surface area contributed by atoms with Gasteiger partial charge in [-0.1, -0.05) is 29.5 Å². The molecule has 0 bridgehead atoms. The second-order valence-corrected chi connectivity index (χ2v) is 5.95. The SMILES string of the molecule is COCCCC1C(CI)C2C(C)C[C@@H]12. The minimum Gasteiger partial charge on any atom is -0.385 e. The minimum atomic E-state index is 0.956. The molecule has 0 radical (unpaired) electrons. The van der Waals surface area contributed by atoms with Crippen LogP contribution in [0.5, 0.6) is 0 Å². The first-order valence-corrected chi connectivity index (χ1v) is 7.37. The Kier molecular flexibility index (Phi) is 3.74. The van der Waals surface area contributed by atoms with Gasteiger partial charge in [-0.05, 0) is 48.9 Å². The van der Waals surface area contributed by atoms with Crippen molar-refractivity contribution in [3.05, 3.63) is 0 Å². The smallest absolute Gasteiger partial charge is 0.0462 e. The summed E-state index contributed by atoms with van der Waals surface area (Å²) in [7, 11) is 1.81. The van der Waals surface area contributed by atoms with Crippen LogP contribution in [0.25, 0.3) is 0 Å². The van der Waals surface area contributed by atoms with Crippen LogP contribution < -0.4 is 0 Å². The number of ether oxygens (including phenoxy) is 1. The highest BCUT2D eigenvalue weighted by Gasteiger charge is 2.57. The van der Waals surface area contributed by atoms with Crippen LogP contribution in [-0.4, -0.2) is 18.1 Å². The summed E-state index contributed by atoms with van der Waals surface area (Å²) >= 11 is 2.58. The highest BCUT2D eigenvalue weighted by Crippen LogP contribution is 2.63. The van der Waals surface area contributed by atoms with Crippen molar-refractivity contribution in [2.75, 3.05) is 18.1 Å². The van der Waals surface area contributed by atoms with Crippen molar-refractivity contribution >= 4 is 22.6 Å². The molecule has 0 aromatic rings. The van der Waals surface area contributed by atoms with E-state index in [0.29, 0.717) is 0 Å². The summed E-state index contributed by atoms with van der Waals surface area (Å²) in [6.45, 7) is 3.39. The molecule has 2 rings (SSSR count). The number of methoxy groups -OCH3 is 1. The average molecular weight is 308 g/mol. The molecule has 0 heterocycles. The summed E-state index contributed by atoms with van der Waals surface area (Å²) < 4.78 is 6.50. The van der Waals surface area contributed by atoms with Crippen molar-refractivity contribution in [2.24, 2.45) is 29.6 Å². The molecule has 0 aromatic heterocycles. The molecule has 1 nitrogen and oxygen atoms in total. The number of hydrogen-bond donors (Lipinski definition) is 0. The largest absolute Gasteiger partial charge is 0.385 e. The van der Waals surface area contributed by atoms with E-state index < -0.39 is 0 Å². The van der Waals surface area contributed by atoms with E-state index in [1.807, 2.05) is 7.11 Å². The van der Waals surface area contributed by atoms with Crippen LogP contribution in [0, 0.1) is 29.6 Å². The predicted octanol–water partition coefficient (Wildman–Crippen LogP) is 3.37. The molecule has 2 saturated carbocycles. The number of rotatable bonds is 5. The lowest BCUT2D eigenvalue weighted by Gasteiger charge is -2.63. The number of hydrogen-bond acceptors (Lipinski definition) is 1. The van der Waals surface area contributed by atoms with E-state index in [4.69, 9.17) is 4.74 Å². The van der Waals surface area contributed by atoms with Crippen molar-refractivity contribution in [1.29, 1.82) is 0 Å². The predicted molar refractivity (Wildman–Crippen MR) is 67.7 cm³/mol. The maximum absolute atomic E-state index is 5.13. The Labute approximate surface area is 101 Å². The van der Waals surface area contributed by atoms with Crippen LogP contribution in [0.4, 0.5) is 0 Å². The van der Waals surface area contributed by atoms with Crippen molar-refractivity contribution in [3.63, 3.8) is 0 Å². The van der Waals surface area contributed by atoms with Crippen LogP contribution in [0.3, 0.4) is 0 Å². The summed E-state index contributed by atoms with van der Waals surface area (Å²) in [5.74, 6) is 5.31. The van der Waals surface area contributed by atoms with Crippen LogP contribution in [0.1, 0.15) is 26.2 Å². The fourth-order valence-electron chi connectivity index (χ4n) is 3.74. The normalized spacial score (nSPS) is 45.2. The van der Waals surface area contributed by atoms with Gasteiger partial charge in [0.15, 0.2) is 0 Å². The summed E-state index contributed by atoms with van der Waals surface area (Å²) in [4.78, 5) is 0. The highest BCUT2D eigenvalue weighted by molar-refractivity contribution is 14.1. The minimum absolute atomic E-state index is 0.956. The molecule has 0 N–H and O–H groups in total. The highest BCUT2D eigenvalue weighted by atomic mass is 127. The topological polar surface area (TPSA) is 9.23 Å². The molecule has 2 aliphatic carbocycles. The van der Waals surface area contributed by atoms with Gasteiger partial charge >= 0.3 is 0 Å². The molecular formula is C12H21IO. The third kappa shape index (κ3) is 1.73. The van der Waals surface area contributed by atoms with Gasteiger partial charge in [0.25, 0.3) is 0 Å². The Bertz CT molecular complexity index is 195. The number of alkyl halides is 1. The molecule has 0 saturated heterocycles. The van der Waals surface area contributed by atoms with Crippen molar-refractivity contribution in [3.8, 4) is 0 Å². The van der Waals surface area contributed by atoms with Crippen LogP contribution in [0.2, 0.25) is 0 Å². The van der Waals surface area contributed by atoms with Gasteiger partial charge in [-0.2, -0.15) is 0 Å². The molecule has 2 heteroatoms. The monoisotopic (exact) mass is 308 g/mol. The maximum Gasteiger partial charge on any atom is 0.0462 e. The Morgan fingerprint density at radius 1 is 1.36 bits per heavy atom. The van der Waals surface area contributed by atoms with E-state index >= 15 is 0 Å². The Balaban J connectivity index is 1.76. The van der Waals surface area contributed by atoms with Gasteiger partial charge < -0.3 is 4.74 Å². The first-order chi connectivity index (χ1) is 6.79. The third-order valence-corrected chi connectivity index (χ3v) is 5.47. The lowest BCUT2D eigenvalue weighted by Crippen LogP contribution is -2.58. The molecule has 14 heavy (non-hydrogen) atoms. The summed E-state index contributed by atoms with van der Waals surface area (Å²) in [6, 6.07) is 0. The summed E-state index contributed by atoms with van der Waals surface area (Å²) in [5, 5.41) is 0. The van der Waals surface area contributed by atoms with Crippen molar-refractivity contribution < 1.29 is 4.74 Å². The van der Waals surface area contributed by atoms with E-state index in [2.05, 4.69) is 29.5 Å². The van der Waals surface area contributed by atoms with Gasteiger partial charge in [-0.3, -0.25) is 0 Å². The second-order valence-electron chi connectivity index (χ2n) is 5.07. The molecule has 4 unspecified atom stereocenters. The molecule has 2 aliphatic rings. The number of fused-ring (bicyclic) bond motifs is 1. The molecule has 0 spiro atoms. The Morgan fingerprint density at radius 2 is 2.14 bits per heavy atom. The molecule has 0 amide bonds. The van der Waals surface area contributed by atoms with E-state index in [1.54, 1.807) is 0 Å². The van der Waals surface area contributed by atoms with Gasteiger partial charge in [0, 0.05) is 18.1 Å². The molecule has 82 valence electrons. The molecule has 0 aromatic carbocycles. The van der Waals surface area contributed by atoms with Gasteiger partial charge in [-0.15, -0.1) is 0 Å². The van der Waals surface area contributed by atoms with E-state index in [9.17, 15) is 0 Å². The summed E-state index contributed by atoms with van der Waals surface area (Å²) in [6.07, 6.45) is 4.19. The maximum atomic E-state index is 5.13. The van der Waals surface area contributed by atoms with Crippen LogP contribution in [-0.2, 0) is 4.74 Å². The lowest BCUT2D eigenvalue weighted by atomic mass is 9.43. The quantitative estimate of drug-likeness (QED) is 0.430. The second kappa shape index (κ2) is 4.69. The molecule has 5 atom stereocenters. The average Bonchev–Trinajstić information content (AvgIpc) is 2.17. The zero-order valence-electron chi connectivity index (χ0n) is 9.21. The fourth-order valence-corrected chi connectivity index (χ4v) is 4.98. The van der Waals surface area contributed by atoms with E-state index in [1.165, 1.54) is 23.7 Å². The van der Waals surface area contributed by atoms with E-state index in [-0.39, 0.29) is 0 Å². The molecule has 0 aliphatic heterocycles. The first-order valence-electron chi connectivity index (χ1n) is 5.84. The van der Waals surface area contributed by atoms with Crippen molar-refractivity contribution in [2.45, 2.75) is 26.2 Å². The summed E-state index contributed by atoms with van der Waals surface area (Å²) in [5.41, 5.74) is 0. The van der Waals surface area contributed by atoms with Gasteiger partial charge in [0.2, 0.25) is 0 Å². The van der Waals surface area contributed by atoms with Crippen LogP contribution >= 0.6 is 22.6 Å². The van der Waals surface area contributed by atoms with Gasteiger partial charge in [0.05, 0.1) is 0 Å². The van der Waals surface area contributed by atoms with Gasteiger partial charge in [0.1, 0.15) is 0 Å².